The number of hydrogen-bond donors (Lipinski definition) is 1. The van der Waals surface area contributed by atoms with E-state index in [9.17, 15) is 8.78 Å². The Morgan fingerprint density at radius 3 is 2.75 bits per heavy atom. The Hall–Kier alpha value is -1.27. The second-order valence-corrected chi connectivity index (χ2v) is 5.05. The molecule has 0 spiro atoms. The molecule has 0 saturated carbocycles. The minimum Gasteiger partial charge on any atom is -0.381 e. The second-order valence-electron chi connectivity index (χ2n) is 4.66. The molecule has 0 aliphatic carbocycles. The number of aryl methyl sites for hydroxylation is 1. The van der Waals surface area contributed by atoms with Gasteiger partial charge in [0.05, 0.1) is 5.52 Å². The van der Waals surface area contributed by atoms with E-state index in [1.165, 1.54) is 6.07 Å². The zero-order chi connectivity index (χ0) is 14.5. The third kappa shape index (κ3) is 3.24. The number of fused-ring (bicyclic) bond motifs is 1. The van der Waals surface area contributed by atoms with E-state index in [0.717, 1.165) is 25.5 Å². The monoisotopic (exact) mass is 300 g/mol. The summed E-state index contributed by atoms with van der Waals surface area (Å²) in [5.41, 5.74) is 0.712. The number of halogens is 2. The van der Waals surface area contributed by atoms with E-state index in [2.05, 4.69) is 11.9 Å². The topological polar surface area (TPSA) is 29.9 Å². The van der Waals surface area contributed by atoms with E-state index >= 15 is 0 Å². The number of H-pyrrole nitrogens is 1. The molecule has 0 saturated heterocycles. The van der Waals surface area contributed by atoms with Gasteiger partial charge in [0.1, 0.15) is 5.52 Å². The maximum Gasteiger partial charge on any atom is 0.184 e. The molecule has 0 aliphatic rings. The maximum absolute atomic E-state index is 13.9. The lowest BCUT2D eigenvalue weighted by Gasteiger charge is -2.06. The van der Waals surface area contributed by atoms with Gasteiger partial charge in [0.25, 0.3) is 0 Å². The van der Waals surface area contributed by atoms with Crippen LogP contribution in [-0.2, 0) is 11.3 Å². The second kappa shape index (κ2) is 6.95. The van der Waals surface area contributed by atoms with Crippen LogP contribution in [0.25, 0.3) is 11.0 Å². The average Bonchev–Trinajstić information content (AvgIpc) is 2.75. The summed E-state index contributed by atoms with van der Waals surface area (Å²) in [6.45, 7) is 3.93. The molecule has 0 unspecified atom stereocenters. The van der Waals surface area contributed by atoms with Gasteiger partial charge in [-0.2, -0.15) is 0 Å². The van der Waals surface area contributed by atoms with Crippen LogP contribution in [-0.4, -0.2) is 22.8 Å². The summed E-state index contributed by atoms with van der Waals surface area (Å²) in [6.07, 6.45) is 2.84. The van der Waals surface area contributed by atoms with Crippen molar-refractivity contribution in [2.75, 3.05) is 13.2 Å². The summed E-state index contributed by atoms with van der Waals surface area (Å²) in [5.74, 6) is -1.72. The van der Waals surface area contributed by atoms with Crippen LogP contribution in [0, 0.1) is 16.4 Å². The van der Waals surface area contributed by atoms with E-state index in [1.54, 1.807) is 4.57 Å². The summed E-state index contributed by atoms with van der Waals surface area (Å²) in [5, 5.41) is 0. The highest BCUT2D eigenvalue weighted by atomic mass is 32.1. The first-order chi connectivity index (χ1) is 9.65. The molecule has 1 N–H and O–H groups in total. The quantitative estimate of drug-likeness (QED) is 0.614. The number of nitrogens with one attached hydrogen (secondary N) is 1. The minimum atomic E-state index is -0.862. The van der Waals surface area contributed by atoms with E-state index in [-0.39, 0.29) is 5.52 Å². The van der Waals surface area contributed by atoms with Gasteiger partial charge < -0.3 is 14.3 Å². The minimum absolute atomic E-state index is 0.198. The van der Waals surface area contributed by atoms with Gasteiger partial charge >= 0.3 is 0 Å². The van der Waals surface area contributed by atoms with Gasteiger partial charge in [-0.05, 0) is 37.2 Å². The van der Waals surface area contributed by atoms with Crippen molar-refractivity contribution in [2.24, 2.45) is 0 Å². The Kier molecular flexibility index (Phi) is 5.25. The predicted molar refractivity (Wildman–Crippen MR) is 77.4 cm³/mol. The van der Waals surface area contributed by atoms with Crippen molar-refractivity contribution in [1.82, 2.24) is 9.55 Å². The van der Waals surface area contributed by atoms with Crippen LogP contribution < -0.4 is 0 Å². The molecule has 1 aromatic heterocycles. The van der Waals surface area contributed by atoms with Gasteiger partial charge in [0.2, 0.25) is 0 Å². The smallest absolute Gasteiger partial charge is 0.184 e. The first kappa shape index (κ1) is 15.1. The average molecular weight is 300 g/mol. The normalized spacial score (nSPS) is 11.3. The van der Waals surface area contributed by atoms with Gasteiger partial charge in [0.15, 0.2) is 16.4 Å². The number of imidazole rings is 1. The summed E-state index contributed by atoms with van der Waals surface area (Å²) in [4.78, 5) is 2.89. The molecule has 2 rings (SSSR count). The van der Waals surface area contributed by atoms with Crippen molar-refractivity contribution in [3.05, 3.63) is 28.5 Å². The number of ether oxygens (including phenoxy) is 1. The fraction of sp³-hybridized carbons (Fsp3) is 0.500. The molecule has 0 radical (unpaired) electrons. The number of unbranched alkanes of at least 4 members (excludes halogenated alkanes) is 1. The zero-order valence-corrected chi connectivity index (χ0v) is 12.2. The van der Waals surface area contributed by atoms with Crippen LogP contribution >= 0.6 is 12.2 Å². The van der Waals surface area contributed by atoms with Crippen molar-refractivity contribution in [2.45, 2.75) is 32.7 Å². The Bertz CT molecular complexity index is 636. The van der Waals surface area contributed by atoms with E-state index in [4.69, 9.17) is 17.0 Å². The largest absolute Gasteiger partial charge is 0.381 e. The number of nitrogens with zero attached hydrogens (tertiary/aromatic N) is 1. The first-order valence-electron chi connectivity index (χ1n) is 6.79. The predicted octanol–water partition coefficient (Wildman–Crippen LogP) is 4.18. The lowest BCUT2D eigenvalue weighted by Crippen LogP contribution is -2.05. The van der Waals surface area contributed by atoms with Crippen molar-refractivity contribution < 1.29 is 13.5 Å². The zero-order valence-electron chi connectivity index (χ0n) is 11.4. The molecule has 0 bridgehead atoms. The summed E-state index contributed by atoms with van der Waals surface area (Å²) in [7, 11) is 0. The molecule has 0 atom stereocenters. The van der Waals surface area contributed by atoms with Crippen molar-refractivity contribution >= 4 is 23.3 Å². The first-order valence-corrected chi connectivity index (χ1v) is 7.20. The molecule has 0 fully saturated rings. The van der Waals surface area contributed by atoms with Gasteiger partial charge in [0, 0.05) is 19.8 Å². The summed E-state index contributed by atoms with van der Waals surface area (Å²) >= 11 is 5.15. The summed E-state index contributed by atoms with van der Waals surface area (Å²) in [6, 6.07) is 2.60. The van der Waals surface area contributed by atoms with E-state index in [1.807, 2.05) is 0 Å². The van der Waals surface area contributed by atoms with Gasteiger partial charge in [-0.3, -0.25) is 0 Å². The third-order valence-electron chi connectivity index (χ3n) is 3.14. The molecule has 110 valence electrons. The number of aromatic amines is 1. The number of benzene rings is 1. The molecule has 0 amide bonds. The van der Waals surface area contributed by atoms with Crippen LogP contribution in [0.3, 0.4) is 0 Å². The molecule has 0 aliphatic heterocycles. The molecule has 2 aromatic rings. The Morgan fingerprint density at radius 1 is 1.25 bits per heavy atom. The molecule has 6 heteroatoms. The van der Waals surface area contributed by atoms with Crippen molar-refractivity contribution in [3.8, 4) is 0 Å². The summed E-state index contributed by atoms with van der Waals surface area (Å²) < 4.78 is 34.6. The highest BCUT2D eigenvalue weighted by Gasteiger charge is 2.13. The van der Waals surface area contributed by atoms with E-state index in [0.29, 0.717) is 29.9 Å². The van der Waals surface area contributed by atoms with Crippen molar-refractivity contribution in [3.63, 3.8) is 0 Å². The van der Waals surface area contributed by atoms with Crippen LogP contribution in [0.15, 0.2) is 12.1 Å². The van der Waals surface area contributed by atoms with Gasteiger partial charge in [-0.25, -0.2) is 8.78 Å². The number of aromatic nitrogens is 2. The fourth-order valence-corrected chi connectivity index (χ4v) is 2.37. The highest BCUT2D eigenvalue weighted by molar-refractivity contribution is 7.71. The lowest BCUT2D eigenvalue weighted by molar-refractivity contribution is 0.126. The highest BCUT2D eigenvalue weighted by Crippen LogP contribution is 2.20. The molecule has 1 heterocycles. The lowest BCUT2D eigenvalue weighted by atomic mass is 10.3. The number of rotatable bonds is 7. The Balaban J connectivity index is 2.08. The van der Waals surface area contributed by atoms with Crippen LogP contribution in [0.4, 0.5) is 8.78 Å². The van der Waals surface area contributed by atoms with Gasteiger partial charge in [-0.15, -0.1) is 0 Å². The molecule has 3 nitrogen and oxygen atoms in total. The molecular weight excluding hydrogens is 282 g/mol. The Labute approximate surface area is 121 Å². The Morgan fingerprint density at radius 2 is 2.00 bits per heavy atom. The standard InChI is InChI=1S/C14H18F2N2OS/c1-2-3-8-19-9-4-7-18-13-11(17-14(18)20)6-5-10(15)12(13)16/h5-6H,2-4,7-9H2,1H3,(H,17,20). The third-order valence-corrected chi connectivity index (χ3v) is 3.46. The molecule has 20 heavy (non-hydrogen) atoms. The van der Waals surface area contributed by atoms with Crippen LogP contribution in [0.5, 0.6) is 0 Å². The van der Waals surface area contributed by atoms with Crippen LogP contribution in [0.2, 0.25) is 0 Å². The maximum atomic E-state index is 13.9. The van der Waals surface area contributed by atoms with Crippen LogP contribution in [0.1, 0.15) is 26.2 Å². The molecule has 1 aromatic carbocycles. The fourth-order valence-electron chi connectivity index (χ4n) is 2.08. The van der Waals surface area contributed by atoms with E-state index < -0.39 is 11.6 Å². The molecular formula is C14H18F2N2OS. The SMILES string of the molecule is CCCCOCCCn1c(=S)[nH]c2ccc(F)c(F)c21. The van der Waals surface area contributed by atoms with Gasteiger partial charge in [-0.1, -0.05) is 13.3 Å². The number of hydrogen-bond acceptors (Lipinski definition) is 2. The van der Waals surface area contributed by atoms with Crippen molar-refractivity contribution in [1.29, 1.82) is 0 Å².